The van der Waals surface area contributed by atoms with Crippen LogP contribution in [0.1, 0.15) is 50.7 Å². The number of fused-ring (bicyclic) bond motifs is 8. The third-order valence-electron chi connectivity index (χ3n) is 12.8. The van der Waals surface area contributed by atoms with E-state index in [-0.39, 0.29) is 0 Å². The fraction of sp³-hybridized carbons (Fsp3) is 0.111. The molecule has 12 aromatic rings. The molecule has 0 saturated heterocycles. The predicted octanol–water partition coefficient (Wildman–Crippen LogP) is 16.0. The van der Waals surface area contributed by atoms with E-state index in [2.05, 4.69) is 173 Å². The van der Waals surface area contributed by atoms with Gasteiger partial charge in [0.25, 0.3) is 0 Å². The van der Waals surface area contributed by atoms with Crippen molar-refractivity contribution in [2.24, 2.45) is 0 Å². The van der Waals surface area contributed by atoms with Gasteiger partial charge in [-0.05, 0) is 154 Å². The summed E-state index contributed by atoms with van der Waals surface area (Å²) in [5.74, 6) is 0.832. The number of rotatable bonds is 4. The van der Waals surface area contributed by atoms with E-state index >= 15 is 0 Å². The maximum absolute atomic E-state index is 2.60. The van der Waals surface area contributed by atoms with Crippen molar-refractivity contribution in [1.82, 2.24) is 0 Å². The van der Waals surface area contributed by atoms with Crippen molar-refractivity contribution in [2.45, 2.75) is 39.5 Å². The Hall–Kier alpha value is -6.24. The van der Waals surface area contributed by atoms with Gasteiger partial charge in [-0.3, -0.25) is 0 Å². The van der Waals surface area contributed by atoms with Gasteiger partial charge in [0.15, 0.2) is 0 Å². The summed E-state index contributed by atoms with van der Waals surface area (Å²) in [7, 11) is 0. The Kier molecular flexibility index (Phi) is 5.98. The van der Waals surface area contributed by atoms with Crippen molar-refractivity contribution in [1.29, 1.82) is 0 Å². The molecule has 12 rings (SSSR count). The van der Waals surface area contributed by atoms with Gasteiger partial charge in [-0.2, -0.15) is 0 Å². The molecule has 0 radical (unpaired) electrons. The monoisotopic (exact) mass is 686 g/mol. The summed E-state index contributed by atoms with van der Waals surface area (Å²) in [5, 5.41) is 24.6. The fourth-order valence-corrected chi connectivity index (χ4v) is 10.6. The third kappa shape index (κ3) is 3.73. The highest BCUT2D eigenvalue weighted by molar-refractivity contribution is 6.47. The maximum Gasteiger partial charge on any atom is -0.000718 e. The Bertz CT molecular complexity index is 3460. The lowest BCUT2D eigenvalue weighted by Gasteiger charge is -2.21. The van der Waals surface area contributed by atoms with Gasteiger partial charge < -0.3 is 0 Å². The molecule has 0 saturated carbocycles. The highest BCUT2D eigenvalue weighted by Gasteiger charge is 2.28. The van der Waals surface area contributed by atoms with Crippen LogP contribution < -0.4 is 0 Å². The second-order valence-corrected chi connectivity index (χ2v) is 16.3. The van der Waals surface area contributed by atoms with Crippen LogP contribution in [0.15, 0.2) is 146 Å². The summed E-state index contributed by atoms with van der Waals surface area (Å²) < 4.78 is 0. The average Bonchev–Trinajstić information content (AvgIpc) is 3.71. The van der Waals surface area contributed by atoms with Gasteiger partial charge >= 0.3 is 0 Å². The van der Waals surface area contributed by atoms with Gasteiger partial charge in [0.05, 0.1) is 0 Å². The molecule has 0 N–H and O–H groups in total. The van der Waals surface area contributed by atoms with Gasteiger partial charge in [0.1, 0.15) is 0 Å². The van der Waals surface area contributed by atoms with Gasteiger partial charge in [0.2, 0.25) is 0 Å². The first-order valence-electron chi connectivity index (χ1n) is 19.6. The lowest BCUT2D eigenvalue weighted by atomic mass is 9.82. The van der Waals surface area contributed by atoms with E-state index < -0.39 is 0 Å². The van der Waals surface area contributed by atoms with Gasteiger partial charge in [-0.15, -0.1) is 0 Å². The second kappa shape index (κ2) is 10.7. The molecular weight excluding hydrogens is 649 g/mol. The maximum atomic E-state index is 2.60. The third-order valence-corrected chi connectivity index (χ3v) is 12.8. The molecule has 0 aliphatic rings. The summed E-state index contributed by atoms with van der Waals surface area (Å²) >= 11 is 0. The summed E-state index contributed by atoms with van der Waals surface area (Å²) in [6.45, 7) is 9.43. The van der Waals surface area contributed by atoms with E-state index in [1.165, 1.54) is 130 Å². The van der Waals surface area contributed by atoms with Crippen LogP contribution in [-0.2, 0) is 0 Å². The van der Waals surface area contributed by atoms with E-state index in [1.54, 1.807) is 0 Å². The molecule has 0 amide bonds. The summed E-state index contributed by atoms with van der Waals surface area (Å²) in [5.41, 5.74) is 8.11. The standard InChI is InChI=1S/C54H38/c1-29(2)40-26-41(30(3)4)43-28-45-52-39(25-23-33-22-24-37(40)50(43)47(33)52)53-48(32-16-9-6-10-17-32)51-38-21-13-20-36-34-18-11-12-19-35(34)42(49(36)38)27-44(51)46(54(45)53)31-14-7-5-8-15-31/h5-30H,1-4H3. The number of hydrogen-bond acceptors (Lipinski definition) is 0. The zero-order valence-corrected chi connectivity index (χ0v) is 31.0. The zero-order chi connectivity index (χ0) is 36.0. The fourth-order valence-electron chi connectivity index (χ4n) is 10.6. The molecule has 0 heterocycles. The molecule has 0 nitrogen and oxygen atoms in total. The zero-order valence-electron chi connectivity index (χ0n) is 31.0. The van der Waals surface area contributed by atoms with E-state index in [0.717, 1.165) is 0 Å². The first-order chi connectivity index (χ1) is 26.5. The molecule has 54 heavy (non-hydrogen) atoms. The molecule has 0 spiro atoms. The van der Waals surface area contributed by atoms with E-state index in [9.17, 15) is 0 Å². The van der Waals surface area contributed by atoms with Crippen LogP contribution in [0, 0.1) is 0 Å². The van der Waals surface area contributed by atoms with E-state index in [0.29, 0.717) is 11.8 Å². The summed E-state index contributed by atoms with van der Waals surface area (Å²) in [6, 6.07) is 55.7. The Labute approximate surface area is 314 Å². The quantitative estimate of drug-likeness (QED) is 0.162. The molecule has 0 bridgehead atoms. The second-order valence-electron chi connectivity index (χ2n) is 16.3. The Morgan fingerprint density at radius 2 is 0.796 bits per heavy atom. The molecule has 0 aliphatic carbocycles. The van der Waals surface area contributed by atoms with Crippen molar-refractivity contribution < 1.29 is 0 Å². The first kappa shape index (κ1) is 30.2. The Morgan fingerprint density at radius 3 is 1.50 bits per heavy atom. The van der Waals surface area contributed by atoms with Crippen LogP contribution in [0.3, 0.4) is 0 Å². The van der Waals surface area contributed by atoms with Gasteiger partial charge in [-0.1, -0.05) is 161 Å². The SMILES string of the molecule is CC(C)c1cc(C(C)C)c2cc3c4c(-c5ccccc5)c5cc6c7ccccc7c7cccc(c5c(-c5ccccc5)c4c4ccc5ccc1c2c5c34)c76. The Balaban J connectivity index is 1.45. The van der Waals surface area contributed by atoms with Crippen LogP contribution in [0.25, 0.3) is 119 Å². The molecule has 0 heteroatoms. The smallest absolute Gasteiger partial charge is 0.000718 e. The Morgan fingerprint density at radius 1 is 0.278 bits per heavy atom. The van der Waals surface area contributed by atoms with Crippen LogP contribution in [-0.4, -0.2) is 0 Å². The largest absolute Gasteiger partial charge is 0.0622 e. The van der Waals surface area contributed by atoms with Crippen LogP contribution in [0.2, 0.25) is 0 Å². The lowest BCUT2D eigenvalue weighted by molar-refractivity contribution is 0.847. The van der Waals surface area contributed by atoms with Crippen molar-refractivity contribution in [3.63, 3.8) is 0 Å². The minimum absolute atomic E-state index is 0.398. The van der Waals surface area contributed by atoms with Crippen molar-refractivity contribution in [3.05, 3.63) is 157 Å². The van der Waals surface area contributed by atoms with Crippen molar-refractivity contribution in [2.75, 3.05) is 0 Å². The number of hydrogen-bond donors (Lipinski definition) is 0. The van der Waals surface area contributed by atoms with Crippen LogP contribution >= 0.6 is 0 Å². The van der Waals surface area contributed by atoms with Crippen LogP contribution in [0.5, 0.6) is 0 Å². The average molecular weight is 687 g/mol. The summed E-state index contributed by atoms with van der Waals surface area (Å²) in [4.78, 5) is 0. The molecule has 0 fully saturated rings. The molecule has 0 aromatic heterocycles. The molecule has 0 atom stereocenters. The van der Waals surface area contributed by atoms with Crippen molar-refractivity contribution >= 4 is 97.0 Å². The topological polar surface area (TPSA) is 0 Å². The van der Waals surface area contributed by atoms with Crippen LogP contribution in [0.4, 0.5) is 0 Å². The van der Waals surface area contributed by atoms with Crippen molar-refractivity contribution in [3.8, 4) is 22.3 Å². The summed E-state index contributed by atoms with van der Waals surface area (Å²) in [6.07, 6.45) is 0. The molecule has 0 aliphatic heterocycles. The minimum Gasteiger partial charge on any atom is -0.0622 e. The predicted molar refractivity (Wildman–Crippen MR) is 237 cm³/mol. The molecule has 0 unspecified atom stereocenters. The van der Waals surface area contributed by atoms with Gasteiger partial charge in [-0.25, -0.2) is 0 Å². The number of benzene rings is 10. The van der Waals surface area contributed by atoms with Gasteiger partial charge in [0, 0.05) is 0 Å². The highest BCUT2D eigenvalue weighted by Crippen LogP contribution is 2.56. The highest BCUT2D eigenvalue weighted by atomic mass is 14.3. The molecule has 12 aromatic carbocycles. The normalized spacial score (nSPS) is 12.8. The minimum atomic E-state index is 0.398. The lowest BCUT2D eigenvalue weighted by Crippen LogP contribution is -1.98. The van der Waals surface area contributed by atoms with E-state index in [1.807, 2.05) is 0 Å². The molecular formula is C54H38. The first-order valence-corrected chi connectivity index (χ1v) is 19.6. The van der Waals surface area contributed by atoms with E-state index in [4.69, 9.17) is 0 Å². The molecule has 254 valence electrons.